The van der Waals surface area contributed by atoms with Crippen molar-refractivity contribution in [1.82, 2.24) is 9.88 Å². The zero-order valence-electron chi connectivity index (χ0n) is 14.6. The predicted molar refractivity (Wildman–Crippen MR) is 94.2 cm³/mol. The fourth-order valence-corrected chi connectivity index (χ4v) is 4.24. The van der Waals surface area contributed by atoms with Crippen LogP contribution in [0.2, 0.25) is 0 Å². The molecule has 1 amide bonds. The minimum absolute atomic E-state index is 0.102. The Morgan fingerprint density at radius 2 is 2.16 bits per heavy atom. The van der Waals surface area contributed by atoms with Gasteiger partial charge in [0.1, 0.15) is 5.60 Å². The molecule has 25 heavy (non-hydrogen) atoms. The molecule has 0 radical (unpaired) electrons. The van der Waals surface area contributed by atoms with Crippen molar-refractivity contribution in [1.29, 1.82) is 0 Å². The second-order valence-electron chi connectivity index (χ2n) is 7.53. The highest BCUT2D eigenvalue weighted by atomic mass is 16.5. The molecule has 0 N–H and O–H groups in total. The second kappa shape index (κ2) is 7.16. The number of aromatic nitrogens is 1. The monoisotopic (exact) mass is 342 g/mol. The van der Waals surface area contributed by atoms with Crippen molar-refractivity contribution >= 4 is 5.91 Å². The number of nitrogens with zero attached hydrogens (tertiary/aromatic N) is 2. The lowest BCUT2D eigenvalue weighted by Crippen LogP contribution is -2.67. The van der Waals surface area contributed by atoms with Crippen molar-refractivity contribution in [3.05, 3.63) is 36.5 Å². The maximum absolute atomic E-state index is 12.5. The smallest absolute Gasteiger partial charge is 0.226 e. The second-order valence-corrected chi connectivity index (χ2v) is 7.53. The van der Waals surface area contributed by atoms with E-state index in [9.17, 15) is 4.79 Å². The number of carbonyl (C=O) groups is 1. The summed E-state index contributed by atoms with van der Waals surface area (Å²) in [6.07, 6.45) is 10.9. The van der Waals surface area contributed by atoms with Crippen molar-refractivity contribution in [2.75, 3.05) is 26.3 Å². The number of allylic oxidation sites excluding steroid dienone is 2. The van der Waals surface area contributed by atoms with Gasteiger partial charge in [-0.1, -0.05) is 18.2 Å². The van der Waals surface area contributed by atoms with Gasteiger partial charge in [0, 0.05) is 24.8 Å². The molecule has 2 aliphatic heterocycles. The minimum Gasteiger partial charge on any atom is -0.478 e. The number of rotatable bonds is 5. The largest absolute Gasteiger partial charge is 0.478 e. The van der Waals surface area contributed by atoms with E-state index in [2.05, 4.69) is 17.1 Å². The van der Waals surface area contributed by atoms with Gasteiger partial charge in [-0.15, -0.1) is 0 Å². The van der Waals surface area contributed by atoms with Gasteiger partial charge < -0.3 is 14.4 Å². The van der Waals surface area contributed by atoms with E-state index in [0.717, 1.165) is 51.8 Å². The molecule has 3 heterocycles. The van der Waals surface area contributed by atoms with Crippen LogP contribution in [0.15, 0.2) is 36.5 Å². The molecule has 1 unspecified atom stereocenters. The molecule has 0 bridgehead atoms. The van der Waals surface area contributed by atoms with Gasteiger partial charge in [-0.05, 0) is 44.1 Å². The fraction of sp³-hybridized carbons (Fsp3) is 0.600. The van der Waals surface area contributed by atoms with Crippen LogP contribution in [0.5, 0.6) is 5.88 Å². The first-order valence-corrected chi connectivity index (χ1v) is 9.36. The summed E-state index contributed by atoms with van der Waals surface area (Å²) in [5.41, 5.74) is -0.102. The third-order valence-corrected chi connectivity index (χ3v) is 5.64. The maximum atomic E-state index is 12.5. The van der Waals surface area contributed by atoms with Gasteiger partial charge in [-0.25, -0.2) is 4.98 Å². The summed E-state index contributed by atoms with van der Waals surface area (Å²) in [5.74, 6) is 1.76. The maximum Gasteiger partial charge on any atom is 0.226 e. The number of pyridine rings is 1. The molecule has 2 saturated heterocycles. The Hall–Kier alpha value is -1.88. The van der Waals surface area contributed by atoms with Crippen molar-refractivity contribution in [3.8, 4) is 5.88 Å². The number of hydrogen-bond donors (Lipinski definition) is 0. The summed E-state index contributed by atoms with van der Waals surface area (Å²) in [5, 5.41) is 0. The molecule has 0 saturated carbocycles. The van der Waals surface area contributed by atoms with Gasteiger partial charge in [0.15, 0.2) is 0 Å². The van der Waals surface area contributed by atoms with Crippen LogP contribution in [-0.2, 0) is 9.53 Å². The SMILES string of the molecule is O=C(C1CC=CC1)N1CC2(CC(CCOc3ccccn3)CCO2)C1. The van der Waals surface area contributed by atoms with Crippen LogP contribution in [0.25, 0.3) is 0 Å². The third kappa shape index (κ3) is 3.71. The average Bonchev–Trinajstić information content (AvgIpc) is 3.15. The summed E-state index contributed by atoms with van der Waals surface area (Å²) in [6.45, 7) is 3.01. The Morgan fingerprint density at radius 3 is 2.92 bits per heavy atom. The van der Waals surface area contributed by atoms with E-state index in [1.807, 2.05) is 23.1 Å². The molecule has 134 valence electrons. The van der Waals surface area contributed by atoms with Gasteiger partial charge in [0.25, 0.3) is 0 Å². The normalized spacial score (nSPS) is 25.1. The van der Waals surface area contributed by atoms with Crippen LogP contribution in [0.3, 0.4) is 0 Å². The van der Waals surface area contributed by atoms with Gasteiger partial charge >= 0.3 is 0 Å². The molecule has 5 heteroatoms. The minimum atomic E-state index is -0.102. The predicted octanol–water partition coefficient (Wildman–Crippen LogP) is 2.82. The van der Waals surface area contributed by atoms with Crippen molar-refractivity contribution in [2.24, 2.45) is 11.8 Å². The zero-order valence-corrected chi connectivity index (χ0v) is 14.6. The van der Waals surface area contributed by atoms with E-state index >= 15 is 0 Å². The van der Waals surface area contributed by atoms with Crippen molar-refractivity contribution in [3.63, 3.8) is 0 Å². The standard InChI is InChI=1S/C20H26N2O3/c23-19(17-5-1-2-6-17)22-14-20(15-22)13-16(9-12-25-20)8-11-24-18-7-3-4-10-21-18/h1-4,7,10,16-17H,5-6,8-9,11-15H2. The zero-order chi connectivity index (χ0) is 17.1. The van der Waals surface area contributed by atoms with Crippen LogP contribution in [0.1, 0.15) is 32.1 Å². The highest BCUT2D eigenvalue weighted by Gasteiger charge is 2.49. The molecule has 1 aromatic rings. The highest BCUT2D eigenvalue weighted by molar-refractivity contribution is 5.80. The molecule has 1 atom stereocenters. The lowest BCUT2D eigenvalue weighted by Gasteiger charge is -2.53. The summed E-state index contributed by atoms with van der Waals surface area (Å²) in [4.78, 5) is 18.6. The number of ether oxygens (including phenoxy) is 2. The summed E-state index contributed by atoms with van der Waals surface area (Å²) < 4.78 is 11.8. The van der Waals surface area contributed by atoms with Crippen LogP contribution in [0.4, 0.5) is 0 Å². The van der Waals surface area contributed by atoms with E-state index in [4.69, 9.17) is 9.47 Å². The molecular formula is C20H26N2O3. The first-order valence-electron chi connectivity index (χ1n) is 9.36. The summed E-state index contributed by atoms with van der Waals surface area (Å²) >= 11 is 0. The number of carbonyl (C=O) groups excluding carboxylic acids is 1. The van der Waals surface area contributed by atoms with Crippen LogP contribution in [-0.4, -0.2) is 47.7 Å². The van der Waals surface area contributed by atoms with E-state index in [1.54, 1.807) is 6.20 Å². The molecule has 4 rings (SSSR count). The number of likely N-dealkylation sites (tertiary alicyclic amines) is 1. The van der Waals surface area contributed by atoms with Crippen LogP contribution in [0, 0.1) is 11.8 Å². The molecule has 0 aromatic carbocycles. The van der Waals surface area contributed by atoms with Gasteiger partial charge in [-0.2, -0.15) is 0 Å². The number of amides is 1. The summed E-state index contributed by atoms with van der Waals surface area (Å²) in [7, 11) is 0. The summed E-state index contributed by atoms with van der Waals surface area (Å²) in [6, 6.07) is 5.71. The average molecular weight is 342 g/mol. The Morgan fingerprint density at radius 1 is 1.32 bits per heavy atom. The number of hydrogen-bond acceptors (Lipinski definition) is 4. The van der Waals surface area contributed by atoms with Gasteiger partial charge in [0.2, 0.25) is 11.8 Å². The van der Waals surface area contributed by atoms with Crippen molar-refractivity contribution in [2.45, 2.75) is 37.7 Å². The van der Waals surface area contributed by atoms with E-state index in [-0.39, 0.29) is 11.5 Å². The lowest BCUT2D eigenvalue weighted by atomic mass is 9.79. The lowest BCUT2D eigenvalue weighted by molar-refractivity contribution is -0.191. The van der Waals surface area contributed by atoms with Crippen LogP contribution >= 0.6 is 0 Å². The van der Waals surface area contributed by atoms with Gasteiger partial charge in [0.05, 0.1) is 19.7 Å². The highest BCUT2D eigenvalue weighted by Crippen LogP contribution is 2.39. The first kappa shape index (κ1) is 16.6. The topological polar surface area (TPSA) is 51.7 Å². The fourth-order valence-electron chi connectivity index (χ4n) is 4.24. The first-order chi connectivity index (χ1) is 12.2. The van der Waals surface area contributed by atoms with Crippen molar-refractivity contribution < 1.29 is 14.3 Å². The molecule has 3 aliphatic rings. The molecule has 1 aromatic heterocycles. The Bertz CT molecular complexity index is 617. The Balaban J connectivity index is 1.22. The van der Waals surface area contributed by atoms with Gasteiger partial charge in [-0.3, -0.25) is 4.79 Å². The van der Waals surface area contributed by atoms with E-state index in [0.29, 0.717) is 24.3 Å². The Kier molecular flexibility index (Phi) is 4.75. The Labute approximate surface area is 149 Å². The molecule has 5 nitrogen and oxygen atoms in total. The molecule has 2 fully saturated rings. The van der Waals surface area contributed by atoms with Crippen LogP contribution < -0.4 is 4.74 Å². The molecular weight excluding hydrogens is 316 g/mol. The van der Waals surface area contributed by atoms with E-state index in [1.165, 1.54) is 0 Å². The quantitative estimate of drug-likeness (QED) is 0.772. The molecule has 1 spiro atoms. The third-order valence-electron chi connectivity index (χ3n) is 5.64. The van der Waals surface area contributed by atoms with E-state index < -0.39 is 0 Å². The molecule has 1 aliphatic carbocycles.